The highest BCUT2D eigenvalue weighted by Crippen LogP contribution is 2.23. The quantitative estimate of drug-likeness (QED) is 0.746. The van der Waals surface area contributed by atoms with Crippen molar-refractivity contribution in [2.75, 3.05) is 13.6 Å². The predicted molar refractivity (Wildman–Crippen MR) is 97.0 cm³/mol. The number of thiophene rings is 1. The third-order valence-corrected chi connectivity index (χ3v) is 5.91. The highest BCUT2D eigenvalue weighted by Gasteiger charge is 2.21. The van der Waals surface area contributed by atoms with Crippen molar-refractivity contribution in [2.45, 2.75) is 11.4 Å². The smallest absolute Gasteiger partial charge is 0.256 e. The first-order valence-electron chi connectivity index (χ1n) is 7.04. The first-order chi connectivity index (χ1) is 11.4. The molecule has 0 aliphatic heterocycles. The molecular weight excluding hydrogens is 368 g/mol. The lowest BCUT2D eigenvalue weighted by molar-refractivity contribution is 0.0764. The molecule has 2 rings (SSSR count). The molecule has 0 saturated heterocycles. The molecule has 24 heavy (non-hydrogen) atoms. The number of nitrogens with one attached hydrogen (secondary N) is 1. The first-order valence-corrected chi connectivity index (χ1v) is 9.78. The second kappa shape index (κ2) is 7.94. The lowest BCUT2D eigenvalue weighted by atomic mass is 10.2. The number of halogens is 1. The predicted octanol–water partition coefficient (Wildman–Crippen LogP) is 3.14. The Hall–Kier alpha value is -1.67. The van der Waals surface area contributed by atoms with Gasteiger partial charge in [0.2, 0.25) is 10.0 Å². The van der Waals surface area contributed by atoms with Crippen LogP contribution >= 0.6 is 22.9 Å². The number of carbonyl (C=O) groups excluding carboxylic acids is 1. The molecule has 0 unspecified atom stereocenters. The van der Waals surface area contributed by atoms with E-state index in [4.69, 9.17) is 11.6 Å². The summed E-state index contributed by atoms with van der Waals surface area (Å²) in [6, 6.07) is 7.90. The minimum atomic E-state index is -3.66. The zero-order valence-electron chi connectivity index (χ0n) is 13.0. The number of hydrogen-bond donors (Lipinski definition) is 1. The number of amides is 1. The van der Waals surface area contributed by atoms with E-state index in [-0.39, 0.29) is 21.4 Å². The van der Waals surface area contributed by atoms with Gasteiger partial charge >= 0.3 is 0 Å². The van der Waals surface area contributed by atoms with Crippen LogP contribution in [0.15, 0.2) is 53.3 Å². The zero-order chi connectivity index (χ0) is 17.7. The largest absolute Gasteiger partial charge is 0.330 e. The van der Waals surface area contributed by atoms with Crippen LogP contribution in [-0.4, -0.2) is 32.8 Å². The molecule has 0 spiro atoms. The minimum absolute atomic E-state index is 0.00701. The van der Waals surface area contributed by atoms with Crippen LogP contribution in [0.3, 0.4) is 0 Å². The molecule has 128 valence electrons. The molecule has 0 saturated carbocycles. The van der Waals surface area contributed by atoms with Crippen LogP contribution in [0.4, 0.5) is 0 Å². The summed E-state index contributed by atoms with van der Waals surface area (Å²) in [4.78, 5) is 15.4. The Bertz CT molecular complexity index is 833. The topological polar surface area (TPSA) is 66.5 Å². The van der Waals surface area contributed by atoms with Crippen LogP contribution in [0.5, 0.6) is 0 Å². The number of carbonyl (C=O) groups is 1. The van der Waals surface area contributed by atoms with Crippen molar-refractivity contribution in [3.8, 4) is 0 Å². The van der Waals surface area contributed by atoms with Crippen molar-refractivity contribution >= 4 is 38.9 Å². The van der Waals surface area contributed by atoms with Crippen LogP contribution < -0.4 is 4.72 Å². The Kier molecular flexibility index (Phi) is 6.17. The van der Waals surface area contributed by atoms with E-state index >= 15 is 0 Å². The monoisotopic (exact) mass is 384 g/mol. The molecule has 1 N–H and O–H groups in total. The fourth-order valence-electron chi connectivity index (χ4n) is 2.09. The van der Waals surface area contributed by atoms with E-state index in [2.05, 4.69) is 11.3 Å². The minimum Gasteiger partial charge on any atom is -0.330 e. The Labute approximate surface area is 150 Å². The number of nitrogens with zero attached hydrogens (tertiary/aromatic N) is 1. The second-order valence-corrected chi connectivity index (χ2v) is 8.23. The van der Waals surface area contributed by atoms with Gasteiger partial charge in [0.05, 0.1) is 22.0 Å². The average molecular weight is 385 g/mol. The normalized spacial score (nSPS) is 11.2. The van der Waals surface area contributed by atoms with Crippen molar-refractivity contribution in [1.29, 1.82) is 0 Å². The van der Waals surface area contributed by atoms with Crippen LogP contribution in [-0.2, 0) is 16.6 Å². The Morgan fingerprint density at radius 3 is 2.75 bits per heavy atom. The standard InChI is InChI=1S/C16H17ClN2O3S2/c1-3-8-19(11-12-5-4-9-23-12)16(20)14-10-13(6-7-15(14)17)24(21,22)18-2/h3-7,9-10,18H,1,8,11H2,2H3. The summed E-state index contributed by atoms with van der Waals surface area (Å²) in [5, 5.41) is 2.13. The summed E-state index contributed by atoms with van der Waals surface area (Å²) in [6.07, 6.45) is 1.62. The summed E-state index contributed by atoms with van der Waals surface area (Å²) >= 11 is 7.66. The maximum Gasteiger partial charge on any atom is 0.256 e. The molecule has 0 aliphatic carbocycles. The van der Waals surface area contributed by atoms with Gasteiger partial charge in [-0.3, -0.25) is 4.79 Å². The first kappa shape index (κ1) is 18.7. The van der Waals surface area contributed by atoms with E-state index in [9.17, 15) is 13.2 Å². The van der Waals surface area contributed by atoms with Crippen LogP contribution in [0.1, 0.15) is 15.2 Å². The van der Waals surface area contributed by atoms with Crippen LogP contribution in [0.25, 0.3) is 0 Å². The van der Waals surface area contributed by atoms with Gasteiger partial charge in [0.1, 0.15) is 0 Å². The molecule has 1 aromatic carbocycles. The number of benzene rings is 1. The maximum atomic E-state index is 12.8. The SMILES string of the molecule is C=CCN(Cc1cccs1)C(=O)c1cc(S(=O)(=O)NC)ccc1Cl. The van der Waals surface area contributed by atoms with Gasteiger partial charge in [-0.05, 0) is 36.7 Å². The number of hydrogen-bond acceptors (Lipinski definition) is 4. The van der Waals surface area contributed by atoms with E-state index in [1.54, 1.807) is 11.0 Å². The van der Waals surface area contributed by atoms with Gasteiger partial charge in [-0.1, -0.05) is 23.7 Å². The van der Waals surface area contributed by atoms with E-state index in [0.29, 0.717) is 13.1 Å². The molecular formula is C16H17ClN2O3S2. The summed E-state index contributed by atoms with van der Waals surface area (Å²) < 4.78 is 26.1. The molecule has 1 heterocycles. The molecule has 0 fully saturated rings. The highest BCUT2D eigenvalue weighted by molar-refractivity contribution is 7.89. The molecule has 0 atom stereocenters. The third kappa shape index (κ3) is 4.24. The molecule has 1 amide bonds. The van der Waals surface area contributed by atoms with Crippen molar-refractivity contribution in [2.24, 2.45) is 0 Å². The van der Waals surface area contributed by atoms with E-state index in [0.717, 1.165) is 4.88 Å². The van der Waals surface area contributed by atoms with Crippen molar-refractivity contribution in [1.82, 2.24) is 9.62 Å². The molecule has 2 aromatic rings. The van der Waals surface area contributed by atoms with E-state index in [1.807, 2.05) is 17.5 Å². The van der Waals surface area contributed by atoms with Gasteiger partial charge < -0.3 is 4.90 Å². The zero-order valence-corrected chi connectivity index (χ0v) is 15.4. The lowest BCUT2D eigenvalue weighted by Crippen LogP contribution is -2.31. The Morgan fingerprint density at radius 1 is 1.42 bits per heavy atom. The molecule has 0 aliphatic rings. The van der Waals surface area contributed by atoms with Crippen molar-refractivity contribution in [3.63, 3.8) is 0 Å². The maximum absolute atomic E-state index is 12.8. The lowest BCUT2D eigenvalue weighted by Gasteiger charge is -2.21. The number of rotatable bonds is 7. The van der Waals surface area contributed by atoms with Crippen molar-refractivity contribution in [3.05, 3.63) is 63.8 Å². The second-order valence-electron chi connectivity index (χ2n) is 4.90. The van der Waals surface area contributed by atoms with Crippen LogP contribution in [0, 0.1) is 0 Å². The molecule has 0 bridgehead atoms. The molecule has 0 radical (unpaired) electrons. The summed E-state index contributed by atoms with van der Waals surface area (Å²) in [7, 11) is -2.34. The van der Waals surface area contributed by atoms with Crippen LogP contribution in [0.2, 0.25) is 5.02 Å². The fourth-order valence-corrected chi connectivity index (χ4v) is 3.76. The van der Waals surface area contributed by atoms with Gasteiger partial charge in [-0.25, -0.2) is 13.1 Å². The third-order valence-electron chi connectivity index (χ3n) is 3.31. The molecule has 1 aromatic heterocycles. The fraction of sp³-hybridized carbons (Fsp3) is 0.188. The van der Waals surface area contributed by atoms with Crippen molar-refractivity contribution < 1.29 is 13.2 Å². The van der Waals surface area contributed by atoms with Gasteiger partial charge in [0.25, 0.3) is 5.91 Å². The summed E-state index contributed by atoms with van der Waals surface area (Å²) in [5.41, 5.74) is 0.145. The molecule has 5 nitrogen and oxygen atoms in total. The number of sulfonamides is 1. The summed E-state index contributed by atoms with van der Waals surface area (Å²) in [5.74, 6) is -0.346. The van der Waals surface area contributed by atoms with Gasteiger partial charge in [-0.15, -0.1) is 17.9 Å². The Balaban J connectivity index is 2.38. The highest BCUT2D eigenvalue weighted by atomic mass is 35.5. The van der Waals surface area contributed by atoms with Gasteiger partial charge in [-0.2, -0.15) is 0 Å². The van der Waals surface area contributed by atoms with E-state index in [1.165, 1.54) is 36.6 Å². The molecule has 8 heteroatoms. The van der Waals surface area contributed by atoms with Gasteiger partial charge in [0, 0.05) is 11.4 Å². The average Bonchev–Trinajstić information content (AvgIpc) is 3.07. The van der Waals surface area contributed by atoms with E-state index < -0.39 is 10.0 Å². The summed E-state index contributed by atoms with van der Waals surface area (Å²) in [6.45, 7) is 4.40. The Morgan fingerprint density at radius 2 is 2.17 bits per heavy atom. The van der Waals surface area contributed by atoms with Gasteiger partial charge in [0.15, 0.2) is 0 Å².